The molecule has 1 amide bonds. The van der Waals surface area contributed by atoms with Crippen molar-refractivity contribution in [3.63, 3.8) is 0 Å². The lowest BCUT2D eigenvalue weighted by molar-refractivity contribution is -0.118. The molecule has 0 radical (unpaired) electrons. The van der Waals surface area contributed by atoms with Crippen molar-refractivity contribution in [2.45, 2.75) is 11.7 Å². The van der Waals surface area contributed by atoms with Gasteiger partial charge in [-0.3, -0.25) is 4.79 Å². The Bertz CT molecular complexity index is 981. The summed E-state index contributed by atoms with van der Waals surface area (Å²) in [5.41, 5.74) is 2.13. The van der Waals surface area contributed by atoms with Gasteiger partial charge in [-0.1, -0.05) is 72.4 Å². The summed E-state index contributed by atoms with van der Waals surface area (Å²) >= 11 is 1.40. The Hall–Kier alpha value is -3.12. The first kappa shape index (κ1) is 17.3. The van der Waals surface area contributed by atoms with Gasteiger partial charge in [-0.2, -0.15) is 5.10 Å². The highest BCUT2D eigenvalue weighted by Gasteiger charge is 2.30. The minimum atomic E-state index is -0.186. The van der Waals surface area contributed by atoms with Gasteiger partial charge in [0.25, 0.3) is 0 Å². The predicted octanol–water partition coefficient (Wildman–Crippen LogP) is 4.11. The molecule has 2 heterocycles. The predicted molar refractivity (Wildman–Crippen MR) is 109 cm³/mol. The lowest BCUT2D eigenvalue weighted by Crippen LogP contribution is -2.25. The summed E-state index contributed by atoms with van der Waals surface area (Å²) in [5.74, 6) is 1.34. The Morgan fingerprint density at radius 2 is 1.74 bits per heavy atom. The SMILES string of the molecule is O=C1N/C(=N/N=C\c2ccc(-c3ccccc3)o2)SC1Cc1ccccc1. The third-order valence-electron chi connectivity index (χ3n) is 4.06. The quantitative estimate of drug-likeness (QED) is 0.539. The Kier molecular flexibility index (Phi) is 5.16. The summed E-state index contributed by atoms with van der Waals surface area (Å²) in [4.78, 5) is 12.1. The van der Waals surface area contributed by atoms with Gasteiger partial charge in [-0.25, -0.2) is 0 Å². The van der Waals surface area contributed by atoms with Crippen molar-refractivity contribution < 1.29 is 9.21 Å². The molecule has 1 fully saturated rings. The molecule has 27 heavy (non-hydrogen) atoms. The van der Waals surface area contributed by atoms with Crippen LogP contribution in [0.3, 0.4) is 0 Å². The van der Waals surface area contributed by atoms with E-state index in [0.29, 0.717) is 17.3 Å². The number of amides is 1. The minimum Gasteiger partial charge on any atom is -0.455 e. The van der Waals surface area contributed by atoms with Crippen molar-refractivity contribution in [1.29, 1.82) is 0 Å². The van der Waals surface area contributed by atoms with E-state index >= 15 is 0 Å². The largest absolute Gasteiger partial charge is 0.455 e. The molecule has 1 N–H and O–H groups in total. The highest BCUT2D eigenvalue weighted by molar-refractivity contribution is 8.15. The van der Waals surface area contributed by atoms with Gasteiger partial charge in [0.2, 0.25) is 5.91 Å². The Morgan fingerprint density at radius 3 is 2.52 bits per heavy atom. The second-order valence-electron chi connectivity index (χ2n) is 6.00. The molecule has 6 heteroatoms. The average Bonchev–Trinajstić information content (AvgIpc) is 3.31. The number of furan rings is 1. The van der Waals surface area contributed by atoms with Gasteiger partial charge in [0.1, 0.15) is 11.5 Å². The molecule has 0 spiro atoms. The first-order valence-electron chi connectivity index (χ1n) is 8.56. The van der Waals surface area contributed by atoms with Gasteiger partial charge in [0.15, 0.2) is 5.17 Å². The molecule has 1 aliphatic heterocycles. The highest BCUT2D eigenvalue weighted by Crippen LogP contribution is 2.24. The fourth-order valence-electron chi connectivity index (χ4n) is 2.73. The molecule has 0 aliphatic carbocycles. The molecule has 3 aromatic rings. The van der Waals surface area contributed by atoms with Gasteiger partial charge in [0.05, 0.1) is 11.5 Å². The molecule has 0 bridgehead atoms. The van der Waals surface area contributed by atoms with Crippen molar-refractivity contribution in [1.82, 2.24) is 5.32 Å². The number of carbonyl (C=O) groups is 1. The number of nitrogens with one attached hydrogen (secondary N) is 1. The highest BCUT2D eigenvalue weighted by atomic mass is 32.2. The summed E-state index contributed by atoms with van der Waals surface area (Å²) in [6.07, 6.45) is 2.20. The molecule has 4 rings (SSSR count). The molecule has 5 nitrogen and oxygen atoms in total. The molecule has 134 valence electrons. The summed E-state index contributed by atoms with van der Waals surface area (Å²) < 4.78 is 5.74. The van der Waals surface area contributed by atoms with Crippen molar-refractivity contribution in [2.24, 2.45) is 10.2 Å². The number of hydrogen-bond acceptors (Lipinski definition) is 5. The van der Waals surface area contributed by atoms with E-state index in [4.69, 9.17) is 4.42 Å². The smallest absolute Gasteiger partial charge is 0.239 e. The number of thioether (sulfide) groups is 1. The lowest BCUT2D eigenvalue weighted by atomic mass is 10.1. The Labute approximate surface area is 161 Å². The second-order valence-corrected chi connectivity index (χ2v) is 7.19. The van der Waals surface area contributed by atoms with Crippen LogP contribution in [0.15, 0.2) is 87.4 Å². The van der Waals surface area contributed by atoms with Gasteiger partial charge in [0, 0.05) is 5.56 Å². The molecule has 2 aromatic carbocycles. The molecule has 1 aromatic heterocycles. The van der Waals surface area contributed by atoms with Crippen LogP contribution in [0.1, 0.15) is 11.3 Å². The van der Waals surface area contributed by atoms with Crippen molar-refractivity contribution in [3.05, 3.63) is 84.1 Å². The standard InChI is InChI=1S/C21H17N3O2S/c25-20-19(13-15-7-3-1-4-8-15)27-21(23-20)24-22-14-17-11-12-18(26-17)16-9-5-2-6-10-16/h1-12,14,19H,13H2,(H,23,24,25)/b22-14-. The second kappa shape index (κ2) is 8.05. The van der Waals surface area contributed by atoms with E-state index in [2.05, 4.69) is 15.5 Å². The van der Waals surface area contributed by atoms with Crippen LogP contribution in [0.25, 0.3) is 11.3 Å². The van der Waals surface area contributed by atoms with Crippen LogP contribution in [0.5, 0.6) is 0 Å². The zero-order chi connectivity index (χ0) is 18.5. The van der Waals surface area contributed by atoms with Gasteiger partial charge in [-0.05, 0) is 24.1 Å². The number of carbonyl (C=O) groups excluding carboxylic acids is 1. The van der Waals surface area contributed by atoms with Crippen LogP contribution in [0.4, 0.5) is 0 Å². The molecule has 1 atom stereocenters. The molecule has 1 aliphatic rings. The Balaban J connectivity index is 1.38. The zero-order valence-corrected chi connectivity index (χ0v) is 15.2. The maximum absolute atomic E-state index is 12.1. The number of amidine groups is 1. The summed E-state index contributed by atoms with van der Waals surface area (Å²) in [5, 5.41) is 11.2. The molecule has 0 saturated carbocycles. The molecule has 1 saturated heterocycles. The van der Waals surface area contributed by atoms with E-state index < -0.39 is 0 Å². The minimum absolute atomic E-state index is 0.0397. The maximum Gasteiger partial charge on any atom is 0.239 e. The third-order valence-corrected chi connectivity index (χ3v) is 5.13. The first-order valence-corrected chi connectivity index (χ1v) is 9.43. The summed E-state index contributed by atoms with van der Waals surface area (Å²) in [6.45, 7) is 0. The summed E-state index contributed by atoms with van der Waals surface area (Å²) in [7, 11) is 0. The third kappa shape index (κ3) is 4.35. The monoisotopic (exact) mass is 375 g/mol. The van der Waals surface area contributed by atoms with E-state index in [1.807, 2.05) is 72.8 Å². The first-order chi connectivity index (χ1) is 13.3. The maximum atomic E-state index is 12.1. The van der Waals surface area contributed by atoms with Crippen LogP contribution in [-0.2, 0) is 11.2 Å². The van der Waals surface area contributed by atoms with Crippen LogP contribution >= 0.6 is 11.8 Å². The van der Waals surface area contributed by atoms with E-state index in [9.17, 15) is 4.79 Å². The van der Waals surface area contributed by atoms with Crippen LogP contribution < -0.4 is 5.32 Å². The zero-order valence-electron chi connectivity index (χ0n) is 14.4. The summed E-state index contributed by atoms with van der Waals surface area (Å²) in [6, 6.07) is 23.5. The van der Waals surface area contributed by atoms with Gasteiger partial charge in [-0.15, -0.1) is 5.10 Å². The van der Waals surface area contributed by atoms with Crippen LogP contribution in [0.2, 0.25) is 0 Å². The number of rotatable bonds is 5. The van der Waals surface area contributed by atoms with E-state index in [1.54, 1.807) is 0 Å². The van der Waals surface area contributed by atoms with Crippen molar-refractivity contribution in [2.75, 3.05) is 0 Å². The van der Waals surface area contributed by atoms with Crippen LogP contribution in [-0.4, -0.2) is 22.5 Å². The Morgan fingerprint density at radius 1 is 1.00 bits per heavy atom. The van der Waals surface area contributed by atoms with Gasteiger partial charge < -0.3 is 9.73 Å². The van der Waals surface area contributed by atoms with E-state index in [0.717, 1.165) is 16.9 Å². The average molecular weight is 375 g/mol. The lowest BCUT2D eigenvalue weighted by Gasteiger charge is -2.04. The van der Waals surface area contributed by atoms with E-state index in [1.165, 1.54) is 18.0 Å². The van der Waals surface area contributed by atoms with Gasteiger partial charge >= 0.3 is 0 Å². The normalized spacial score (nSPS) is 18.3. The fraction of sp³-hybridized carbons (Fsp3) is 0.0952. The fourth-order valence-corrected chi connectivity index (χ4v) is 3.70. The number of nitrogens with zero attached hydrogens (tertiary/aromatic N) is 2. The number of benzene rings is 2. The molecular weight excluding hydrogens is 358 g/mol. The van der Waals surface area contributed by atoms with Crippen LogP contribution in [0, 0.1) is 0 Å². The number of hydrogen-bond donors (Lipinski definition) is 1. The molecular formula is C21H17N3O2S. The van der Waals surface area contributed by atoms with Crippen molar-refractivity contribution in [3.8, 4) is 11.3 Å². The molecule has 1 unspecified atom stereocenters. The van der Waals surface area contributed by atoms with E-state index in [-0.39, 0.29) is 11.2 Å². The topological polar surface area (TPSA) is 67.0 Å². The van der Waals surface area contributed by atoms with Crippen molar-refractivity contribution >= 4 is 29.1 Å².